The average Bonchev–Trinajstić information content (AvgIpc) is 3.19. The van der Waals surface area contributed by atoms with E-state index in [0.717, 1.165) is 12.4 Å². The van der Waals surface area contributed by atoms with Gasteiger partial charge in [0.05, 0.1) is 5.75 Å². The molecule has 0 spiro atoms. The van der Waals surface area contributed by atoms with Gasteiger partial charge >= 0.3 is 6.01 Å². The number of carbonyl (C=O) groups excluding carboxylic acids is 1. The molecule has 0 fully saturated rings. The van der Waals surface area contributed by atoms with Gasteiger partial charge in [-0.05, 0) is 19.4 Å². The minimum absolute atomic E-state index is 0.102. The number of aryl methyl sites for hydroxylation is 1. The van der Waals surface area contributed by atoms with Crippen molar-refractivity contribution in [1.29, 1.82) is 0 Å². The third-order valence-corrected chi connectivity index (χ3v) is 4.39. The lowest BCUT2D eigenvalue weighted by Crippen LogP contribution is -2.15. The van der Waals surface area contributed by atoms with E-state index in [1.807, 2.05) is 29.7 Å². The third-order valence-electron chi connectivity index (χ3n) is 3.42. The number of rotatable bonds is 7. The van der Waals surface area contributed by atoms with E-state index >= 15 is 0 Å². The van der Waals surface area contributed by atoms with Crippen LogP contribution in [-0.4, -0.2) is 36.6 Å². The lowest BCUT2D eigenvalue weighted by Gasteiger charge is -2.07. The van der Waals surface area contributed by atoms with Gasteiger partial charge in [0.1, 0.15) is 5.82 Å². The molecule has 0 bridgehead atoms. The first-order chi connectivity index (χ1) is 12.2. The first-order valence-corrected chi connectivity index (χ1v) is 8.83. The summed E-state index contributed by atoms with van der Waals surface area (Å²) in [5.74, 6) is 1.30. The van der Waals surface area contributed by atoms with Crippen LogP contribution < -0.4 is 5.32 Å². The normalized spacial score (nSPS) is 10.8. The van der Waals surface area contributed by atoms with Crippen molar-refractivity contribution in [2.45, 2.75) is 32.0 Å². The molecule has 3 rings (SSSR count). The van der Waals surface area contributed by atoms with Gasteiger partial charge in [0, 0.05) is 13.0 Å². The molecule has 0 aliphatic rings. The highest BCUT2D eigenvalue weighted by atomic mass is 32.2. The van der Waals surface area contributed by atoms with Gasteiger partial charge < -0.3 is 9.09 Å². The number of carbonyl (C=O) groups is 1. The van der Waals surface area contributed by atoms with E-state index in [9.17, 15) is 4.79 Å². The van der Waals surface area contributed by atoms with Crippen LogP contribution in [0.3, 0.4) is 0 Å². The van der Waals surface area contributed by atoms with Gasteiger partial charge in [-0.3, -0.25) is 10.1 Å². The Kier molecular flexibility index (Phi) is 5.44. The van der Waals surface area contributed by atoms with E-state index in [1.165, 1.54) is 17.3 Å². The van der Waals surface area contributed by atoms with Crippen molar-refractivity contribution in [1.82, 2.24) is 24.9 Å². The monoisotopic (exact) mass is 358 g/mol. The van der Waals surface area contributed by atoms with E-state index in [0.29, 0.717) is 17.4 Å². The lowest BCUT2D eigenvalue weighted by atomic mass is 10.1. The second-order valence-electron chi connectivity index (χ2n) is 5.29. The molecule has 2 heterocycles. The van der Waals surface area contributed by atoms with Crippen LogP contribution in [0.5, 0.6) is 0 Å². The number of thioether (sulfide) groups is 1. The highest BCUT2D eigenvalue weighted by Gasteiger charge is 2.14. The van der Waals surface area contributed by atoms with Crippen molar-refractivity contribution >= 4 is 23.7 Å². The summed E-state index contributed by atoms with van der Waals surface area (Å²) in [6, 6.07) is 10.2. The van der Waals surface area contributed by atoms with Crippen molar-refractivity contribution in [3.05, 3.63) is 47.5 Å². The summed E-state index contributed by atoms with van der Waals surface area (Å²) in [5, 5.41) is 15.4. The molecule has 0 radical (unpaired) electrons. The number of anilines is 1. The van der Waals surface area contributed by atoms with Crippen LogP contribution in [0.25, 0.3) is 0 Å². The smallest absolute Gasteiger partial charge is 0.315 e. The molecule has 8 nitrogen and oxygen atoms in total. The van der Waals surface area contributed by atoms with Gasteiger partial charge in [-0.1, -0.05) is 47.3 Å². The first-order valence-electron chi connectivity index (χ1n) is 7.84. The number of hydrogen-bond acceptors (Lipinski definition) is 7. The molecule has 0 aliphatic heterocycles. The Balaban J connectivity index is 1.61. The zero-order chi connectivity index (χ0) is 17.6. The molecule has 130 valence electrons. The van der Waals surface area contributed by atoms with Gasteiger partial charge in [0.25, 0.3) is 0 Å². The van der Waals surface area contributed by atoms with Crippen molar-refractivity contribution in [2.75, 3.05) is 11.1 Å². The van der Waals surface area contributed by atoms with Crippen LogP contribution in [0.15, 0.2) is 40.0 Å². The Morgan fingerprint density at radius 1 is 1.28 bits per heavy atom. The van der Waals surface area contributed by atoms with Gasteiger partial charge in [0.15, 0.2) is 11.0 Å². The molecule has 0 saturated carbocycles. The molecule has 1 N–H and O–H groups in total. The summed E-state index contributed by atoms with van der Waals surface area (Å²) < 4.78 is 6.88. The first kappa shape index (κ1) is 17.2. The summed E-state index contributed by atoms with van der Waals surface area (Å²) in [6.07, 6.45) is 0.704. The minimum Gasteiger partial charge on any atom is -0.315 e. The van der Waals surface area contributed by atoms with Crippen molar-refractivity contribution in [3.8, 4) is 0 Å². The maximum atomic E-state index is 12.0. The van der Waals surface area contributed by atoms with E-state index < -0.39 is 0 Å². The topological polar surface area (TPSA) is 98.7 Å². The largest absolute Gasteiger partial charge is 0.328 e. The van der Waals surface area contributed by atoms with Gasteiger partial charge in [-0.25, -0.2) is 0 Å². The maximum absolute atomic E-state index is 12.0. The zero-order valence-electron chi connectivity index (χ0n) is 14.0. The molecule has 2 aromatic heterocycles. The molecule has 0 saturated heterocycles. The Morgan fingerprint density at radius 3 is 2.76 bits per heavy atom. The van der Waals surface area contributed by atoms with E-state index in [4.69, 9.17) is 4.52 Å². The van der Waals surface area contributed by atoms with Crippen LogP contribution in [0.4, 0.5) is 6.01 Å². The molecular formula is C16H18N6O2S. The fourth-order valence-corrected chi connectivity index (χ4v) is 3.11. The Labute approximate surface area is 149 Å². The number of amides is 1. The van der Waals surface area contributed by atoms with Crippen LogP contribution in [0.2, 0.25) is 0 Å². The van der Waals surface area contributed by atoms with Gasteiger partial charge in [-0.2, -0.15) is 4.98 Å². The Hall–Kier alpha value is -2.68. The number of aromatic nitrogens is 5. The summed E-state index contributed by atoms with van der Waals surface area (Å²) in [4.78, 5) is 15.9. The van der Waals surface area contributed by atoms with Crippen LogP contribution in [0.1, 0.15) is 24.1 Å². The molecule has 0 atom stereocenters. The van der Waals surface area contributed by atoms with Crippen molar-refractivity contribution in [3.63, 3.8) is 0 Å². The maximum Gasteiger partial charge on any atom is 0.328 e. The summed E-state index contributed by atoms with van der Waals surface area (Å²) >= 11 is 1.32. The Bertz CT molecular complexity index is 845. The molecule has 0 unspecified atom stereocenters. The van der Waals surface area contributed by atoms with Crippen LogP contribution >= 0.6 is 11.8 Å². The third kappa shape index (κ3) is 4.44. The number of hydrogen-bond donors (Lipinski definition) is 1. The van der Waals surface area contributed by atoms with Crippen LogP contribution in [-0.2, 0) is 17.8 Å². The Morgan fingerprint density at radius 2 is 2.08 bits per heavy atom. The predicted octanol–water partition coefficient (Wildman–Crippen LogP) is 2.31. The second-order valence-corrected chi connectivity index (χ2v) is 6.23. The number of nitrogens with one attached hydrogen (secondary N) is 1. The highest BCUT2D eigenvalue weighted by Crippen LogP contribution is 2.19. The summed E-state index contributed by atoms with van der Waals surface area (Å²) in [5.41, 5.74) is 1.17. The molecular weight excluding hydrogens is 340 g/mol. The van der Waals surface area contributed by atoms with Gasteiger partial charge in [-0.15, -0.1) is 10.2 Å². The van der Waals surface area contributed by atoms with E-state index in [2.05, 4.69) is 37.8 Å². The van der Waals surface area contributed by atoms with E-state index in [1.54, 1.807) is 6.92 Å². The molecule has 9 heteroatoms. The predicted molar refractivity (Wildman–Crippen MR) is 93.3 cm³/mol. The second kappa shape index (κ2) is 7.93. The van der Waals surface area contributed by atoms with Crippen molar-refractivity contribution in [2.24, 2.45) is 0 Å². The van der Waals surface area contributed by atoms with E-state index in [-0.39, 0.29) is 17.7 Å². The van der Waals surface area contributed by atoms with Crippen LogP contribution in [0, 0.1) is 6.92 Å². The molecule has 3 aromatic rings. The number of nitrogens with zero attached hydrogens (tertiary/aromatic N) is 5. The molecule has 25 heavy (non-hydrogen) atoms. The molecule has 1 aromatic carbocycles. The quantitative estimate of drug-likeness (QED) is 0.647. The summed E-state index contributed by atoms with van der Waals surface area (Å²) in [7, 11) is 0. The minimum atomic E-state index is -0.232. The fourth-order valence-electron chi connectivity index (χ4n) is 2.29. The highest BCUT2D eigenvalue weighted by molar-refractivity contribution is 7.99. The fraction of sp³-hybridized carbons (Fsp3) is 0.312. The molecule has 1 amide bonds. The number of benzene rings is 1. The average molecular weight is 358 g/mol. The standard InChI is InChI=1S/C16H18N6O2S/c1-3-22-13(9-12-7-5-4-6-8-12)19-20-16(22)25-10-14(23)18-15-17-11(2)21-24-15/h4-8H,3,9-10H2,1-2H3,(H,17,18,21,23). The zero-order valence-corrected chi connectivity index (χ0v) is 14.8. The summed E-state index contributed by atoms with van der Waals surface area (Å²) in [6.45, 7) is 4.46. The molecule has 0 aliphatic carbocycles. The van der Waals surface area contributed by atoms with Gasteiger partial charge in [0.2, 0.25) is 5.91 Å². The van der Waals surface area contributed by atoms with Crippen molar-refractivity contribution < 1.29 is 9.32 Å². The SMILES string of the molecule is CCn1c(Cc2ccccc2)nnc1SCC(=O)Nc1nc(C)no1. The lowest BCUT2D eigenvalue weighted by molar-refractivity contribution is -0.114.